The molecule has 0 radical (unpaired) electrons. The maximum Gasteiger partial charge on any atom is 0.330 e. The number of benzene rings is 2. The summed E-state index contributed by atoms with van der Waals surface area (Å²) in [4.78, 5) is 11.2. The molecule has 29 heavy (non-hydrogen) atoms. The monoisotopic (exact) mass is 396 g/mol. The Kier molecular flexibility index (Phi) is 9.45. The second kappa shape index (κ2) is 12.1. The fourth-order valence-corrected chi connectivity index (χ4v) is 3.35. The van der Waals surface area contributed by atoms with Crippen molar-refractivity contribution < 1.29 is 19.4 Å². The minimum absolute atomic E-state index is 0.161. The maximum absolute atomic E-state index is 11.2. The van der Waals surface area contributed by atoms with Gasteiger partial charge in [-0.2, -0.15) is 0 Å². The minimum atomic E-state index is -0.453. The van der Waals surface area contributed by atoms with E-state index >= 15 is 0 Å². The second-order valence-corrected chi connectivity index (χ2v) is 6.97. The first kappa shape index (κ1) is 22.7. The molecule has 4 nitrogen and oxygen atoms in total. The number of rotatable bonds is 12. The van der Waals surface area contributed by atoms with Crippen molar-refractivity contribution in [3.8, 4) is 16.9 Å². The van der Waals surface area contributed by atoms with Gasteiger partial charge < -0.3 is 14.6 Å². The molecule has 2 rings (SSSR count). The number of aliphatic hydroxyl groups excluding tert-OH is 1. The molecular weight excluding hydrogens is 364 g/mol. The van der Waals surface area contributed by atoms with E-state index in [0.29, 0.717) is 6.42 Å². The summed E-state index contributed by atoms with van der Waals surface area (Å²) >= 11 is 0. The predicted molar refractivity (Wildman–Crippen MR) is 117 cm³/mol. The molecule has 0 bridgehead atoms. The van der Waals surface area contributed by atoms with Crippen LogP contribution in [0.1, 0.15) is 43.4 Å². The average Bonchev–Trinajstić information content (AvgIpc) is 2.75. The number of aliphatic hydroxyl groups is 1. The predicted octanol–water partition coefficient (Wildman–Crippen LogP) is 4.90. The van der Waals surface area contributed by atoms with Crippen LogP contribution in [0.15, 0.2) is 49.1 Å². The van der Waals surface area contributed by atoms with Crippen molar-refractivity contribution in [1.82, 2.24) is 0 Å². The lowest BCUT2D eigenvalue weighted by Gasteiger charge is -2.17. The van der Waals surface area contributed by atoms with Crippen molar-refractivity contribution in [2.24, 2.45) is 0 Å². The molecular formula is C25H32O4. The number of aryl methyl sites for hydroxylation is 3. The lowest BCUT2D eigenvalue weighted by molar-refractivity contribution is -0.138. The van der Waals surface area contributed by atoms with Crippen LogP contribution in [0.3, 0.4) is 0 Å². The number of hydrogen-bond acceptors (Lipinski definition) is 4. The summed E-state index contributed by atoms with van der Waals surface area (Å²) in [5.74, 6) is 0.318. The zero-order chi connectivity index (χ0) is 21.1. The van der Waals surface area contributed by atoms with Crippen molar-refractivity contribution in [2.45, 2.75) is 46.0 Å². The zero-order valence-corrected chi connectivity index (χ0v) is 17.6. The van der Waals surface area contributed by atoms with E-state index in [0.717, 1.165) is 48.6 Å². The highest BCUT2D eigenvalue weighted by molar-refractivity contribution is 5.81. The Morgan fingerprint density at radius 3 is 2.41 bits per heavy atom. The Bertz CT molecular complexity index is 810. The van der Waals surface area contributed by atoms with Gasteiger partial charge in [0.25, 0.3) is 0 Å². The number of carbonyl (C=O) groups excluding carboxylic acids is 1. The standard InChI is InChI=1S/C25H32O4/c1-4-8-19-10-12-22(21(5-2)17-19)23-13-11-20(9-7-14-26)18-24(23)28-15-16-29-25(27)6-3/h6,10-13,17-18,26H,3-5,7-9,14-16H2,1-2H3. The largest absolute Gasteiger partial charge is 0.489 e. The van der Waals surface area contributed by atoms with Gasteiger partial charge in [-0.1, -0.05) is 57.2 Å². The van der Waals surface area contributed by atoms with Crippen LogP contribution in [-0.4, -0.2) is 30.9 Å². The summed E-state index contributed by atoms with van der Waals surface area (Å²) < 4.78 is 11.0. The van der Waals surface area contributed by atoms with Gasteiger partial charge in [0, 0.05) is 18.2 Å². The van der Waals surface area contributed by atoms with Gasteiger partial charge in [-0.25, -0.2) is 4.79 Å². The summed E-state index contributed by atoms with van der Waals surface area (Å²) in [6.45, 7) is 8.35. The fraction of sp³-hybridized carbons (Fsp3) is 0.400. The van der Waals surface area contributed by atoms with Gasteiger partial charge in [-0.15, -0.1) is 0 Å². The summed E-state index contributed by atoms with van der Waals surface area (Å²) in [5, 5.41) is 9.13. The first-order chi connectivity index (χ1) is 14.1. The van der Waals surface area contributed by atoms with E-state index in [1.165, 1.54) is 16.7 Å². The normalized spacial score (nSPS) is 10.6. The quantitative estimate of drug-likeness (QED) is 0.315. The van der Waals surface area contributed by atoms with Crippen molar-refractivity contribution in [3.05, 3.63) is 65.7 Å². The molecule has 0 saturated carbocycles. The Hall–Kier alpha value is -2.59. The summed E-state index contributed by atoms with van der Waals surface area (Å²) in [6, 6.07) is 12.9. The van der Waals surface area contributed by atoms with Crippen molar-refractivity contribution in [2.75, 3.05) is 19.8 Å². The molecule has 4 heteroatoms. The van der Waals surface area contributed by atoms with E-state index < -0.39 is 5.97 Å². The van der Waals surface area contributed by atoms with E-state index in [2.05, 4.69) is 50.8 Å². The van der Waals surface area contributed by atoms with Crippen LogP contribution in [0, 0.1) is 0 Å². The molecule has 2 aromatic carbocycles. The molecule has 0 saturated heterocycles. The van der Waals surface area contributed by atoms with Crippen LogP contribution in [0.25, 0.3) is 11.1 Å². The molecule has 0 unspecified atom stereocenters. The molecule has 0 amide bonds. The van der Waals surface area contributed by atoms with E-state index in [9.17, 15) is 4.79 Å². The third-order valence-electron chi connectivity index (χ3n) is 4.80. The van der Waals surface area contributed by atoms with Gasteiger partial charge in [0.1, 0.15) is 19.0 Å². The fourth-order valence-electron chi connectivity index (χ4n) is 3.35. The molecule has 0 atom stereocenters. The second-order valence-electron chi connectivity index (χ2n) is 6.97. The Labute approximate surface area is 174 Å². The van der Waals surface area contributed by atoms with Crippen LogP contribution < -0.4 is 4.74 Å². The van der Waals surface area contributed by atoms with Crippen LogP contribution >= 0.6 is 0 Å². The third kappa shape index (κ3) is 6.75. The molecule has 0 fully saturated rings. The molecule has 1 N–H and O–H groups in total. The molecule has 0 aliphatic rings. The highest BCUT2D eigenvalue weighted by atomic mass is 16.6. The lowest BCUT2D eigenvalue weighted by atomic mass is 9.93. The highest BCUT2D eigenvalue weighted by Gasteiger charge is 2.12. The maximum atomic E-state index is 11.2. The molecule has 0 aliphatic heterocycles. The van der Waals surface area contributed by atoms with Crippen LogP contribution in [0.4, 0.5) is 0 Å². The SMILES string of the molecule is C=CC(=O)OCCOc1cc(CCCO)ccc1-c1ccc(CCC)cc1CC. The summed E-state index contributed by atoms with van der Waals surface area (Å²) in [6.07, 6.45) is 5.78. The Morgan fingerprint density at radius 1 is 1.03 bits per heavy atom. The van der Waals surface area contributed by atoms with Crippen LogP contribution in [0.5, 0.6) is 5.75 Å². The first-order valence-corrected chi connectivity index (χ1v) is 10.4. The van der Waals surface area contributed by atoms with Gasteiger partial charge in [-0.3, -0.25) is 0 Å². The molecule has 2 aromatic rings. The number of ether oxygens (including phenoxy) is 2. The highest BCUT2D eigenvalue weighted by Crippen LogP contribution is 2.34. The van der Waals surface area contributed by atoms with Crippen LogP contribution in [0.2, 0.25) is 0 Å². The third-order valence-corrected chi connectivity index (χ3v) is 4.80. The van der Waals surface area contributed by atoms with Gasteiger partial charge in [0.2, 0.25) is 0 Å². The topological polar surface area (TPSA) is 55.8 Å². The van der Waals surface area contributed by atoms with Crippen molar-refractivity contribution in [3.63, 3.8) is 0 Å². The molecule has 0 heterocycles. The molecule has 0 spiro atoms. The number of esters is 1. The molecule has 156 valence electrons. The van der Waals surface area contributed by atoms with Gasteiger partial charge in [0.05, 0.1) is 0 Å². The number of hydrogen-bond donors (Lipinski definition) is 1. The van der Waals surface area contributed by atoms with Crippen molar-refractivity contribution >= 4 is 5.97 Å². The van der Waals surface area contributed by atoms with Crippen LogP contribution in [-0.2, 0) is 28.8 Å². The van der Waals surface area contributed by atoms with E-state index in [1.54, 1.807) is 0 Å². The van der Waals surface area contributed by atoms with E-state index in [1.807, 2.05) is 6.07 Å². The number of carbonyl (C=O) groups is 1. The zero-order valence-electron chi connectivity index (χ0n) is 17.6. The summed E-state index contributed by atoms with van der Waals surface area (Å²) in [7, 11) is 0. The van der Waals surface area contributed by atoms with Gasteiger partial charge in [0.15, 0.2) is 0 Å². The van der Waals surface area contributed by atoms with Gasteiger partial charge in [-0.05, 0) is 54.0 Å². The average molecular weight is 397 g/mol. The Balaban J connectivity index is 2.31. The van der Waals surface area contributed by atoms with E-state index in [-0.39, 0.29) is 19.8 Å². The Morgan fingerprint density at radius 2 is 1.76 bits per heavy atom. The first-order valence-electron chi connectivity index (χ1n) is 10.4. The smallest absolute Gasteiger partial charge is 0.330 e. The summed E-state index contributed by atoms with van der Waals surface area (Å²) in [5.41, 5.74) is 5.96. The minimum Gasteiger partial charge on any atom is -0.489 e. The van der Waals surface area contributed by atoms with Gasteiger partial charge >= 0.3 is 5.97 Å². The lowest BCUT2D eigenvalue weighted by Crippen LogP contribution is -2.11. The van der Waals surface area contributed by atoms with Crippen molar-refractivity contribution in [1.29, 1.82) is 0 Å². The molecule has 0 aliphatic carbocycles. The van der Waals surface area contributed by atoms with E-state index in [4.69, 9.17) is 14.6 Å². The molecule has 0 aromatic heterocycles.